The maximum Gasteiger partial charge on any atom is 0.0180 e. The van der Waals surface area contributed by atoms with Gasteiger partial charge in [-0.1, -0.05) is 73.4 Å². The minimum absolute atomic E-state index is 0.212. The Kier molecular flexibility index (Phi) is 7.51. The molecule has 0 spiro atoms. The summed E-state index contributed by atoms with van der Waals surface area (Å²) in [6.07, 6.45) is 26.9. The fourth-order valence-corrected chi connectivity index (χ4v) is 6.05. The van der Waals surface area contributed by atoms with E-state index in [-0.39, 0.29) is 5.41 Å². The molecule has 1 nitrogen and oxygen atoms in total. The smallest absolute Gasteiger partial charge is 0.0180 e. The lowest BCUT2D eigenvalue weighted by Crippen LogP contribution is -2.29. The topological polar surface area (TPSA) is 3.24 Å². The van der Waals surface area contributed by atoms with Gasteiger partial charge in [0.05, 0.1) is 0 Å². The van der Waals surface area contributed by atoms with Crippen LogP contribution < -0.4 is 0 Å². The highest BCUT2D eigenvalue weighted by Crippen LogP contribution is 2.54. The van der Waals surface area contributed by atoms with Crippen LogP contribution in [0.4, 0.5) is 0 Å². The monoisotopic (exact) mass is 453 g/mol. The van der Waals surface area contributed by atoms with Crippen LogP contribution in [0, 0.1) is 11.3 Å². The standard InChI is InChI=1S/C33H43N/c1-7-8-16-32(24(2)3)25(4)28-14-11-15-31(21-28)33(19-20-34(6)26(5)27-17-18-27)22-29-12-9-10-13-30(29)23-33/h7-9,12,15-16,21,27H,1-2,5,10-11,13-14,17-20,22-23H2,3-4,6H3/b16-8-,32-25+. The second-order valence-electron chi connectivity index (χ2n) is 10.9. The van der Waals surface area contributed by atoms with Crippen LogP contribution in [0.5, 0.6) is 0 Å². The van der Waals surface area contributed by atoms with Gasteiger partial charge in [0.15, 0.2) is 0 Å². The van der Waals surface area contributed by atoms with E-state index >= 15 is 0 Å². The first-order valence-electron chi connectivity index (χ1n) is 13.2. The van der Waals surface area contributed by atoms with Gasteiger partial charge in [0.25, 0.3) is 0 Å². The van der Waals surface area contributed by atoms with Crippen molar-refractivity contribution in [2.45, 2.75) is 71.6 Å². The average Bonchev–Trinajstić information content (AvgIpc) is 3.62. The Morgan fingerprint density at radius 1 is 1.15 bits per heavy atom. The van der Waals surface area contributed by atoms with Crippen LogP contribution in [0.15, 0.2) is 107 Å². The van der Waals surface area contributed by atoms with Crippen LogP contribution in [-0.2, 0) is 0 Å². The van der Waals surface area contributed by atoms with Gasteiger partial charge in [-0.3, -0.25) is 0 Å². The fourth-order valence-electron chi connectivity index (χ4n) is 6.05. The predicted molar refractivity (Wildman–Crippen MR) is 148 cm³/mol. The van der Waals surface area contributed by atoms with Gasteiger partial charge in [-0.25, -0.2) is 0 Å². The zero-order valence-electron chi connectivity index (χ0n) is 21.8. The van der Waals surface area contributed by atoms with Crippen molar-refractivity contribution < 1.29 is 0 Å². The molecule has 1 fully saturated rings. The number of hydrogen-bond donors (Lipinski definition) is 0. The van der Waals surface area contributed by atoms with Crippen molar-refractivity contribution in [2.24, 2.45) is 11.3 Å². The SMILES string of the molecule is C=C/C=C\C(C(=C)C)=C(\C)C1=CC(C2(CCN(C)C(=C)C3CC3)CC3=C(CCC=C3)C2)=CCC1. The van der Waals surface area contributed by atoms with Gasteiger partial charge in [-0.05, 0) is 105 Å². The molecule has 1 heteroatoms. The summed E-state index contributed by atoms with van der Waals surface area (Å²) in [6.45, 7) is 18.0. The summed E-state index contributed by atoms with van der Waals surface area (Å²) in [6, 6.07) is 0. The van der Waals surface area contributed by atoms with Gasteiger partial charge in [-0.2, -0.15) is 0 Å². The second-order valence-corrected chi connectivity index (χ2v) is 10.9. The number of nitrogens with zero attached hydrogens (tertiary/aromatic N) is 1. The first kappa shape index (κ1) is 24.6. The summed E-state index contributed by atoms with van der Waals surface area (Å²) >= 11 is 0. The normalized spacial score (nSPS) is 25.0. The summed E-state index contributed by atoms with van der Waals surface area (Å²) in [7, 11) is 2.25. The van der Waals surface area contributed by atoms with Crippen LogP contribution in [0.3, 0.4) is 0 Å². The van der Waals surface area contributed by atoms with Crippen molar-refractivity contribution in [3.05, 3.63) is 107 Å². The highest BCUT2D eigenvalue weighted by Gasteiger charge is 2.41. The summed E-state index contributed by atoms with van der Waals surface area (Å²) < 4.78 is 0. The fraction of sp³-hybridized carbons (Fsp3) is 0.455. The van der Waals surface area contributed by atoms with Crippen LogP contribution >= 0.6 is 0 Å². The number of rotatable bonds is 10. The highest BCUT2D eigenvalue weighted by atomic mass is 15.1. The molecule has 4 aliphatic rings. The molecule has 0 aromatic rings. The minimum atomic E-state index is 0.212. The summed E-state index contributed by atoms with van der Waals surface area (Å²) in [5, 5.41) is 0. The molecule has 34 heavy (non-hydrogen) atoms. The van der Waals surface area contributed by atoms with Crippen molar-refractivity contribution in [1.82, 2.24) is 4.90 Å². The maximum absolute atomic E-state index is 4.41. The molecule has 0 amide bonds. The first-order chi connectivity index (χ1) is 16.3. The third-order valence-electron chi connectivity index (χ3n) is 8.40. The van der Waals surface area contributed by atoms with Crippen LogP contribution in [-0.4, -0.2) is 18.5 Å². The van der Waals surface area contributed by atoms with Gasteiger partial charge in [0.2, 0.25) is 0 Å². The van der Waals surface area contributed by atoms with Crippen molar-refractivity contribution in [3.8, 4) is 0 Å². The molecular formula is C33H43N. The largest absolute Gasteiger partial charge is 0.378 e. The Balaban J connectivity index is 1.63. The highest BCUT2D eigenvalue weighted by molar-refractivity contribution is 5.53. The summed E-state index contributed by atoms with van der Waals surface area (Å²) in [4.78, 5) is 2.45. The molecule has 0 saturated heterocycles. The van der Waals surface area contributed by atoms with E-state index in [0.29, 0.717) is 0 Å². The predicted octanol–water partition coefficient (Wildman–Crippen LogP) is 8.94. The minimum Gasteiger partial charge on any atom is -0.378 e. The van der Waals surface area contributed by atoms with E-state index in [1.165, 1.54) is 67.4 Å². The lowest BCUT2D eigenvalue weighted by Gasteiger charge is -2.36. The van der Waals surface area contributed by atoms with Crippen LogP contribution in [0.2, 0.25) is 0 Å². The molecule has 0 N–H and O–H groups in total. The zero-order valence-corrected chi connectivity index (χ0v) is 21.8. The van der Waals surface area contributed by atoms with Gasteiger partial charge >= 0.3 is 0 Å². The Bertz CT molecular complexity index is 1050. The molecule has 1 saturated carbocycles. The van der Waals surface area contributed by atoms with E-state index in [1.54, 1.807) is 16.7 Å². The second kappa shape index (κ2) is 10.4. The molecule has 0 aromatic heterocycles. The molecule has 0 bridgehead atoms. The summed E-state index contributed by atoms with van der Waals surface area (Å²) in [5.74, 6) is 0.733. The van der Waals surface area contributed by atoms with E-state index in [2.05, 4.69) is 75.9 Å². The molecule has 4 rings (SSSR count). The van der Waals surface area contributed by atoms with Gasteiger partial charge in [0, 0.05) is 24.7 Å². The van der Waals surface area contributed by atoms with Gasteiger partial charge in [0.1, 0.15) is 0 Å². The molecule has 0 aliphatic heterocycles. The molecule has 0 radical (unpaired) electrons. The lowest BCUT2D eigenvalue weighted by atomic mass is 9.70. The average molecular weight is 454 g/mol. The van der Waals surface area contributed by atoms with Crippen molar-refractivity contribution in [2.75, 3.05) is 13.6 Å². The first-order valence-corrected chi connectivity index (χ1v) is 13.2. The van der Waals surface area contributed by atoms with Crippen molar-refractivity contribution >= 4 is 0 Å². The van der Waals surface area contributed by atoms with Crippen LogP contribution in [0.1, 0.15) is 71.6 Å². The van der Waals surface area contributed by atoms with E-state index in [1.807, 2.05) is 12.2 Å². The summed E-state index contributed by atoms with van der Waals surface area (Å²) in [5.41, 5.74) is 11.6. The molecule has 1 unspecified atom stereocenters. The van der Waals surface area contributed by atoms with E-state index in [4.69, 9.17) is 0 Å². The maximum atomic E-state index is 4.41. The molecule has 0 aromatic carbocycles. The molecule has 0 heterocycles. The molecule has 1 atom stereocenters. The molecular weight excluding hydrogens is 410 g/mol. The van der Waals surface area contributed by atoms with E-state index in [0.717, 1.165) is 30.9 Å². The van der Waals surface area contributed by atoms with E-state index < -0.39 is 0 Å². The van der Waals surface area contributed by atoms with Crippen molar-refractivity contribution in [3.63, 3.8) is 0 Å². The van der Waals surface area contributed by atoms with Gasteiger partial charge < -0.3 is 4.90 Å². The Hall–Kier alpha value is -2.54. The Labute approximate surface area is 208 Å². The van der Waals surface area contributed by atoms with Gasteiger partial charge in [-0.15, -0.1) is 0 Å². The molecule has 180 valence electrons. The zero-order chi connectivity index (χ0) is 24.3. The number of hydrogen-bond acceptors (Lipinski definition) is 1. The van der Waals surface area contributed by atoms with E-state index in [9.17, 15) is 0 Å². The Morgan fingerprint density at radius 3 is 2.62 bits per heavy atom. The van der Waals surface area contributed by atoms with Crippen molar-refractivity contribution in [1.29, 1.82) is 0 Å². The van der Waals surface area contributed by atoms with Crippen LogP contribution in [0.25, 0.3) is 0 Å². The third kappa shape index (κ3) is 5.24. The quantitative estimate of drug-likeness (QED) is 0.298. The number of allylic oxidation sites excluding steroid dienone is 15. The third-order valence-corrected chi connectivity index (χ3v) is 8.40. The Morgan fingerprint density at radius 2 is 1.94 bits per heavy atom. The molecule has 4 aliphatic carbocycles. The lowest BCUT2D eigenvalue weighted by molar-refractivity contribution is 0.281.